The lowest BCUT2D eigenvalue weighted by Gasteiger charge is -2.36. The fourth-order valence-corrected chi connectivity index (χ4v) is 3.94. The number of hydrogen-bond acceptors (Lipinski definition) is 3. The van der Waals surface area contributed by atoms with Crippen molar-refractivity contribution in [2.24, 2.45) is 11.8 Å². The molecule has 3 rings (SSSR count). The average molecular weight is 376 g/mol. The summed E-state index contributed by atoms with van der Waals surface area (Å²) in [5.74, 6) is 0.151. The minimum Gasteiger partial charge on any atom is -0.381 e. The van der Waals surface area contributed by atoms with Gasteiger partial charge in [0, 0.05) is 45.2 Å². The first-order valence-corrected chi connectivity index (χ1v) is 9.86. The highest BCUT2D eigenvalue weighted by Crippen LogP contribution is 2.24. The smallest absolute Gasteiger partial charge is 0.225 e. The molecule has 0 aliphatic carbocycles. The molecule has 6 heteroatoms. The molecule has 148 valence electrons. The second-order valence-corrected chi connectivity index (χ2v) is 7.88. The van der Waals surface area contributed by atoms with E-state index < -0.39 is 0 Å². The van der Waals surface area contributed by atoms with Crippen LogP contribution in [0.15, 0.2) is 24.3 Å². The standard InChI is InChI=1S/C21H29FN2O3/c1-15(2)19-14-23(21(26)17-8-11-27-12-9-17)10-7-20(25)24(19)13-16-3-5-18(22)6-4-16/h3-6,15,17,19H,7-14H2,1-2H3/t19-/m0/s1. The lowest BCUT2D eigenvalue weighted by Crippen LogP contribution is -2.48. The van der Waals surface area contributed by atoms with E-state index in [1.54, 1.807) is 12.1 Å². The number of carbonyl (C=O) groups excluding carboxylic acids is 2. The second-order valence-electron chi connectivity index (χ2n) is 7.88. The van der Waals surface area contributed by atoms with Gasteiger partial charge in [-0.3, -0.25) is 9.59 Å². The Labute approximate surface area is 160 Å². The van der Waals surface area contributed by atoms with Gasteiger partial charge in [0.05, 0.1) is 6.04 Å². The van der Waals surface area contributed by atoms with Crippen molar-refractivity contribution in [1.82, 2.24) is 9.80 Å². The van der Waals surface area contributed by atoms with E-state index in [1.165, 1.54) is 12.1 Å². The maximum absolute atomic E-state index is 13.2. The number of carbonyl (C=O) groups is 2. The Morgan fingerprint density at radius 2 is 1.89 bits per heavy atom. The molecule has 1 aromatic carbocycles. The molecule has 2 amide bonds. The quantitative estimate of drug-likeness (QED) is 0.812. The topological polar surface area (TPSA) is 49.9 Å². The van der Waals surface area contributed by atoms with Crippen LogP contribution in [0.1, 0.15) is 38.7 Å². The summed E-state index contributed by atoms with van der Waals surface area (Å²) in [6.45, 7) is 6.90. The zero-order chi connectivity index (χ0) is 19.4. The van der Waals surface area contributed by atoms with Crippen LogP contribution in [0.4, 0.5) is 4.39 Å². The Morgan fingerprint density at radius 3 is 2.52 bits per heavy atom. The van der Waals surface area contributed by atoms with Crippen molar-refractivity contribution in [3.05, 3.63) is 35.6 Å². The molecule has 1 atom stereocenters. The highest BCUT2D eigenvalue weighted by Gasteiger charge is 2.35. The Balaban J connectivity index is 1.75. The number of ether oxygens (including phenoxy) is 1. The summed E-state index contributed by atoms with van der Waals surface area (Å²) in [6.07, 6.45) is 1.85. The Kier molecular flexibility index (Phi) is 6.47. The van der Waals surface area contributed by atoms with E-state index in [1.807, 2.05) is 9.80 Å². The van der Waals surface area contributed by atoms with Gasteiger partial charge in [-0.05, 0) is 36.5 Å². The molecule has 0 N–H and O–H groups in total. The lowest BCUT2D eigenvalue weighted by atomic mass is 9.97. The van der Waals surface area contributed by atoms with Crippen molar-refractivity contribution >= 4 is 11.8 Å². The molecule has 0 unspecified atom stereocenters. The normalized spacial score (nSPS) is 22.2. The van der Waals surface area contributed by atoms with Gasteiger partial charge in [0.1, 0.15) is 5.82 Å². The van der Waals surface area contributed by atoms with E-state index >= 15 is 0 Å². The summed E-state index contributed by atoms with van der Waals surface area (Å²) in [4.78, 5) is 29.6. The largest absolute Gasteiger partial charge is 0.381 e. The summed E-state index contributed by atoms with van der Waals surface area (Å²) >= 11 is 0. The van der Waals surface area contributed by atoms with E-state index in [0.717, 1.165) is 18.4 Å². The van der Waals surface area contributed by atoms with Crippen molar-refractivity contribution < 1.29 is 18.7 Å². The second kappa shape index (κ2) is 8.83. The molecular weight excluding hydrogens is 347 g/mol. The molecule has 1 aromatic rings. The van der Waals surface area contributed by atoms with E-state index in [2.05, 4.69) is 13.8 Å². The first kappa shape index (κ1) is 19.8. The zero-order valence-corrected chi connectivity index (χ0v) is 16.2. The van der Waals surface area contributed by atoms with Gasteiger partial charge in [0.15, 0.2) is 0 Å². The summed E-state index contributed by atoms with van der Waals surface area (Å²) in [6, 6.07) is 6.23. The monoisotopic (exact) mass is 376 g/mol. The van der Waals surface area contributed by atoms with Crippen molar-refractivity contribution in [3.8, 4) is 0 Å². The Morgan fingerprint density at radius 1 is 1.22 bits per heavy atom. The van der Waals surface area contributed by atoms with E-state index in [-0.39, 0.29) is 35.5 Å². The van der Waals surface area contributed by atoms with Gasteiger partial charge in [-0.15, -0.1) is 0 Å². The Bertz CT molecular complexity index is 656. The van der Waals surface area contributed by atoms with Crippen molar-refractivity contribution in [2.45, 2.75) is 45.7 Å². The van der Waals surface area contributed by atoms with Crippen LogP contribution in [0.2, 0.25) is 0 Å². The molecule has 2 heterocycles. The predicted molar refractivity (Wildman–Crippen MR) is 100 cm³/mol. The fraction of sp³-hybridized carbons (Fsp3) is 0.619. The maximum Gasteiger partial charge on any atom is 0.225 e. The van der Waals surface area contributed by atoms with Crippen LogP contribution < -0.4 is 0 Å². The van der Waals surface area contributed by atoms with Gasteiger partial charge >= 0.3 is 0 Å². The average Bonchev–Trinajstić information content (AvgIpc) is 2.83. The van der Waals surface area contributed by atoms with Gasteiger partial charge in [0.25, 0.3) is 0 Å². The number of benzene rings is 1. The van der Waals surface area contributed by atoms with E-state index in [9.17, 15) is 14.0 Å². The van der Waals surface area contributed by atoms with Crippen LogP contribution in [-0.2, 0) is 20.9 Å². The molecular formula is C21H29FN2O3. The lowest BCUT2D eigenvalue weighted by molar-refractivity contribution is -0.139. The Hall–Kier alpha value is -1.95. The predicted octanol–water partition coefficient (Wildman–Crippen LogP) is 2.84. The molecule has 2 aliphatic heterocycles. The summed E-state index contributed by atoms with van der Waals surface area (Å²) in [5, 5.41) is 0. The van der Waals surface area contributed by atoms with Crippen LogP contribution in [0.25, 0.3) is 0 Å². The molecule has 2 saturated heterocycles. The third-order valence-electron chi connectivity index (χ3n) is 5.64. The first-order valence-electron chi connectivity index (χ1n) is 9.86. The van der Waals surface area contributed by atoms with Crippen molar-refractivity contribution in [1.29, 1.82) is 0 Å². The highest BCUT2D eigenvalue weighted by atomic mass is 19.1. The van der Waals surface area contributed by atoms with Crippen LogP contribution in [-0.4, -0.2) is 54.0 Å². The van der Waals surface area contributed by atoms with Gasteiger partial charge in [0.2, 0.25) is 11.8 Å². The van der Waals surface area contributed by atoms with Crippen LogP contribution in [0.5, 0.6) is 0 Å². The van der Waals surface area contributed by atoms with Gasteiger partial charge in [-0.25, -0.2) is 4.39 Å². The third kappa shape index (κ3) is 4.86. The summed E-state index contributed by atoms with van der Waals surface area (Å²) in [7, 11) is 0. The van der Waals surface area contributed by atoms with Gasteiger partial charge < -0.3 is 14.5 Å². The number of nitrogens with zero attached hydrogens (tertiary/aromatic N) is 2. The molecule has 0 saturated carbocycles. The van der Waals surface area contributed by atoms with Crippen molar-refractivity contribution in [2.75, 3.05) is 26.3 Å². The van der Waals surface area contributed by atoms with Crippen LogP contribution in [0, 0.1) is 17.7 Å². The van der Waals surface area contributed by atoms with E-state index in [4.69, 9.17) is 4.74 Å². The van der Waals surface area contributed by atoms with Gasteiger partial charge in [-0.1, -0.05) is 26.0 Å². The molecule has 0 spiro atoms. The number of amides is 2. The van der Waals surface area contributed by atoms with Crippen LogP contribution >= 0.6 is 0 Å². The minimum atomic E-state index is -0.283. The van der Waals surface area contributed by atoms with E-state index in [0.29, 0.717) is 39.3 Å². The molecule has 5 nitrogen and oxygen atoms in total. The minimum absolute atomic E-state index is 0.00492. The number of rotatable bonds is 4. The summed E-state index contributed by atoms with van der Waals surface area (Å²) in [5.41, 5.74) is 0.902. The molecule has 2 aliphatic rings. The number of halogens is 1. The molecule has 27 heavy (non-hydrogen) atoms. The van der Waals surface area contributed by atoms with Crippen molar-refractivity contribution in [3.63, 3.8) is 0 Å². The summed E-state index contributed by atoms with van der Waals surface area (Å²) < 4.78 is 18.6. The maximum atomic E-state index is 13.2. The molecule has 2 fully saturated rings. The fourth-order valence-electron chi connectivity index (χ4n) is 3.94. The molecule has 0 radical (unpaired) electrons. The van der Waals surface area contributed by atoms with Crippen LogP contribution in [0.3, 0.4) is 0 Å². The zero-order valence-electron chi connectivity index (χ0n) is 16.2. The molecule has 0 bridgehead atoms. The molecule has 0 aromatic heterocycles. The van der Waals surface area contributed by atoms with Gasteiger partial charge in [-0.2, -0.15) is 0 Å². The third-order valence-corrected chi connectivity index (χ3v) is 5.64. The first-order chi connectivity index (χ1) is 13.0. The highest BCUT2D eigenvalue weighted by molar-refractivity contribution is 5.82. The SMILES string of the molecule is CC(C)[C@@H]1CN(C(=O)C2CCOCC2)CCC(=O)N1Cc1ccc(F)cc1. The number of hydrogen-bond donors (Lipinski definition) is 0.